The number of carbonyl (C=O) groups is 1. The van der Waals surface area contributed by atoms with Crippen LogP contribution >= 0.6 is 0 Å². The lowest BCUT2D eigenvalue weighted by molar-refractivity contribution is -1.02. The van der Waals surface area contributed by atoms with Gasteiger partial charge in [-0.3, -0.25) is 4.79 Å². The van der Waals surface area contributed by atoms with Crippen molar-refractivity contribution in [2.75, 3.05) is 45.2 Å². The first-order valence-electron chi connectivity index (χ1n) is 8.98. The summed E-state index contributed by atoms with van der Waals surface area (Å²) < 4.78 is 18.6. The molecule has 3 N–H and O–H groups in total. The number of anilines is 1. The van der Waals surface area contributed by atoms with Crippen LogP contribution in [0.1, 0.15) is 5.56 Å². The van der Waals surface area contributed by atoms with Crippen molar-refractivity contribution in [1.29, 1.82) is 0 Å². The van der Waals surface area contributed by atoms with E-state index >= 15 is 0 Å². The summed E-state index contributed by atoms with van der Waals surface area (Å²) in [6.45, 7) is 5.11. The van der Waals surface area contributed by atoms with Crippen LogP contribution in [-0.4, -0.2) is 45.7 Å². The Bertz CT molecular complexity index is 745. The summed E-state index contributed by atoms with van der Waals surface area (Å²) in [6, 6.07) is 14.2. The molecule has 0 spiro atoms. The van der Waals surface area contributed by atoms with Gasteiger partial charge in [-0.1, -0.05) is 24.3 Å². The molecule has 0 aliphatic carbocycles. The summed E-state index contributed by atoms with van der Waals surface area (Å²) in [5, 5.41) is 2.93. The van der Waals surface area contributed by atoms with Gasteiger partial charge in [-0.05, 0) is 24.3 Å². The summed E-state index contributed by atoms with van der Waals surface area (Å²) in [6.07, 6.45) is 0. The van der Waals surface area contributed by atoms with Crippen molar-refractivity contribution in [2.45, 2.75) is 6.54 Å². The van der Waals surface area contributed by atoms with Gasteiger partial charge in [0.15, 0.2) is 6.54 Å². The largest absolute Gasteiger partial charge is 0.495 e. The average molecular weight is 359 g/mol. The van der Waals surface area contributed by atoms with Gasteiger partial charge in [-0.2, -0.15) is 0 Å². The van der Waals surface area contributed by atoms with Gasteiger partial charge in [0.25, 0.3) is 5.91 Å². The molecule has 1 amide bonds. The maximum Gasteiger partial charge on any atom is 0.279 e. The first kappa shape index (κ1) is 18.4. The molecule has 0 unspecified atom stereocenters. The number of benzene rings is 2. The van der Waals surface area contributed by atoms with E-state index in [1.807, 2.05) is 30.3 Å². The molecular formula is C20H26FN3O2+2. The highest BCUT2D eigenvalue weighted by Gasteiger charge is 2.25. The van der Waals surface area contributed by atoms with Crippen LogP contribution in [0.2, 0.25) is 0 Å². The number of methoxy groups -OCH3 is 1. The van der Waals surface area contributed by atoms with Crippen molar-refractivity contribution in [1.82, 2.24) is 0 Å². The van der Waals surface area contributed by atoms with Crippen LogP contribution < -0.4 is 19.9 Å². The Morgan fingerprint density at radius 1 is 1.08 bits per heavy atom. The Hall–Kier alpha value is -2.44. The van der Waals surface area contributed by atoms with Crippen LogP contribution in [0.3, 0.4) is 0 Å². The molecule has 1 saturated heterocycles. The van der Waals surface area contributed by atoms with E-state index in [1.165, 1.54) is 15.9 Å². The second kappa shape index (κ2) is 8.78. The molecule has 2 aromatic rings. The third kappa shape index (κ3) is 5.03. The number of hydrogen-bond donors (Lipinski definition) is 3. The molecule has 1 aliphatic heterocycles. The smallest absolute Gasteiger partial charge is 0.279 e. The van der Waals surface area contributed by atoms with Gasteiger partial charge in [-0.15, -0.1) is 0 Å². The highest BCUT2D eigenvalue weighted by molar-refractivity contribution is 5.92. The number of quaternary nitrogens is 2. The summed E-state index contributed by atoms with van der Waals surface area (Å²) in [7, 11) is 1.59. The summed E-state index contributed by atoms with van der Waals surface area (Å²) in [5.74, 6) is 0.484. The molecule has 5 nitrogen and oxygen atoms in total. The number of amides is 1. The van der Waals surface area contributed by atoms with Crippen LogP contribution in [0.5, 0.6) is 5.75 Å². The van der Waals surface area contributed by atoms with E-state index < -0.39 is 0 Å². The zero-order chi connectivity index (χ0) is 18.4. The number of hydrogen-bond acceptors (Lipinski definition) is 2. The molecule has 0 aromatic heterocycles. The predicted molar refractivity (Wildman–Crippen MR) is 98.0 cm³/mol. The second-order valence-electron chi connectivity index (χ2n) is 6.73. The van der Waals surface area contributed by atoms with Crippen molar-refractivity contribution < 1.29 is 23.7 Å². The van der Waals surface area contributed by atoms with Crippen LogP contribution in [0.4, 0.5) is 10.1 Å². The van der Waals surface area contributed by atoms with Crippen LogP contribution in [0, 0.1) is 5.82 Å². The Morgan fingerprint density at radius 3 is 2.54 bits per heavy atom. The third-order valence-electron chi connectivity index (χ3n) is 4.80. The normalized spacial score (nSPS) is 19.8. The predicted octanol–water partition coefficient (Wildman–Crippen LogP) is -0.244. The van der Waals surface area contributed by atoms with Crippen LogP contribution in [0.15, 0.2) is 48.5 Å². The van der Waals surface area contributed by atoms with E-state index in [-0.39, 0.29) is 11.7 Å². The van der Waals surface area contributed by atoms with Crippen LogP contribution in [-0.2, 0) is 11.3 Å². The number of carbonyl (C=O) groups excluding carboxylic acids is 1. The minimum absolute atomic E-state index is 0.00178. The van der Waals surface area contributed by atoms with Gasteiger partial charge in [0, 0.05) is 5.56 Å². The molecule has 26 heavy (non-hydrogen) atoms. The average Bonchev–Trinajstić information content (AvgIpc) is 2.64. The molecule has 0 radical (unpaired) electrons. The molecule has 1 aliphatic rings. The Labute approximate surface area is 153 Å². The lowest BCUT2D eigenvalue weighted by Gasteiger charge is -2.29. The first-order valence-corrected chi connectivity index (χ1v) is 8.98. The van der Waals surface area contributed by atoms with E-state index in [4.69, 9.17) is 4.74 Å². The summed E-state index contributed by atoms with van der Waals surface area (Å²) in [4.78, 5) is 15.0. The maximum atomic E-state index is 13.3. The van der Waals surface area contributed by atoms with Gasteiger partial charge >= 0.3 is 0 Å². The molecule has 3 rings (SSSR count). The molecule has 1 fully saturated rings. The molecule has 6 heteroatoms. The van der Waals surface area contributed by atoms with Gasteiger partial charge in [0.2, 0.25) is 0 Å². The molecular weight excluding hydrogens is 333 g/mol. The lowest BCUT2D eigenvalue weighted by atomic mass is 10.2. The van der Waals surface area contributed by atoms with E-state index in [9.17, 15) is 9.18 Å². The van der Waals surface area contributed by atoms with Crippen molar-refractivity contribution in [2.24, 2.45) is 0 Å². The Morgan fingerprint density at radius 2 is 1.81 bits per heavy atom. The lowest BCUT2D eigenvalue weighted by Crippen LogP contribution is -3.28. The molecule has 1 heterocycles. The fourth-order valence-corrected chi connectivity index (χ4v) is 3.42. The Kier molecular flexibility index (Phi) is 6.20. The minimum Gasteiger partial charge on any atom is -0.495 e. The van der Waals surface area contributed by atoms with E-state index in [2.05, 4.69) is 5.32 Å². The van der Waals surface area contributed by atoms with Crippen molar-refractivity contribution >= 4 is 11.6 Å². The van der Waals surface area contributed by atoms with Gasteiger partial charge in [-0.25, -0.2) is 4.39 Å². The zero-order valence-corrected chi connectivity index (χ0v) is 15.1. The monoisotopic (exact) mass is 359 g/mol. The van der Waals surface area contributed by atoms with Crippen molar-refractivity contribution in [3.8, 4) is 5.75 Å². The summed E-state index contributed by atoms with van der Waals surface area (Å²) >= 11 is 0. The fraction of sp³-hybridized carbons (Fsp3) is 0.350. The molecule has 0 atom stereocenters. The van der Waals surface area contributed by atoms with Crippen LogP contribution in [0.25, 0.3) is 0 Å². The minimum atomic E-state index is -0.181. The van der Waals surface area contributed by atoms with Gasteiger partial charge < -0.3 is 19.9 Å². The third-order valence-corrected chi connectivity index (χ3v) is 4.80. The van der Waals surface area contributed by atoms with E-state index in [0.29, 0.717) is 18.0 Å². The van der Waals surface area contributed by atoms with Crippen molar-refractivity contribution in [3.63, 3.8) is 0 Å². The standard InChI is InChI=1S/C20H24FN3O2/c1-26-19-8-3-2-7-18(19)22-20(25)15-24-11-9-23(10-12-24)14-16-5-4-6-17(21)13-16/h2-8,13H,9-12,14-15H2,1H3,(H,22,25)/p+2. The number of ether oxygens (including phenoxy) is 1. The molecule has 0 bridgehead atoms. The number of para-hydroxylation sites is 2. The number of piperazine rings is 1. The number of halogens is 1. The highest BCUT2D eigenvalue weighted by atomic mass is 19.1. The second-order valence-corrected chi connectivity index (χ2v) is 6.73. The molecule has 2 aromatic carbocycles. The van der Waals surface area contributed by atoms with E-state index in [1.54, 1.807) is 19.2 Å². The van der Waals surface area contributed by atoms with Gasteiger partial charge in [0.05, 0.1) is 12.8 Å². The topological polar surface area (TPSA) is 47.2 Å². The first-order chi connectivity index (χ1) is 12.6. The SMILES string of the molecule is COc1ccccc1NC(=O)C[NH+]1CC[NH+](Cc2cccc(F)c2)CC1. The van der Waals surface area contributed by atoms with Crippen molar-refractivity contribution in [3.05, 3.63) is 59.9 Å². The van der Waals surface area contributed by atoms with Gasteiger partial charge in [0.1, 0.15) is 44.3 Å². The zero-order valence-electron chi connectivity index (χ0n) is 15.1. The Balaban J connectivity index is 1.45. The maximum absolute atomic E-state index is 13.3. The highest BCUT2D eigenvalue weighted by Crippen LogP contribution is 2.22. The molecule has 0 saturated carbocycles. The summed E-state index contributed by atoms with van der Waals surface area (Å²) in [5.41, 5.74) is 1.73. The fourth-order valence-electron chi connectivity index (χ4n) is 3.42. The quantitative estimate of drug-likeness (QED) is 0.667. The number of nitrogens with one attached hydrogen (secondary N) is 3. The number of rotatable bonds is 6. The van der Waals surface area contributed by atoms with E-state index in [0.717, 1.165) is 38.3 Å². The molecule has 138 valence electrons.